The number of carbonyl (C=O) groups excluding carboxylic acids is 1. The molecule has 3 N–H and O–H groups in total. The van der Waals surface area contributed by atoms with Gasteiger partial charge in [-0.15, -0.1) is 24.0 Å². The number of anilines is 1. The molecule has 0 heterocycles. The summed E-state index contributed by atoms with van der Waals surface area (Å²) in [4.78, 5) is 15.2. The number of amides is 1. The van der Waals surface area contributed by atoms with E-state index in [-0.39, 0.29) is 29.9 Å². The molecule has 0 fully saturated rings. The molecule has 1 rings (SSSR count). The molecule has 0 unspecified atom stereocenters. The Morgan fingerprint density at radius 2 is 2.05 bits per heavy atom. The number of aliphatic imine (C=N–C) groups is 1. The topological polar surface area (TPSA) is 65.5 Å². The van der Waals surface area contributed by atoms with E-state index in [1.807, 2.05) is 24.3 Å². The second-order valence-corrected chi connectivity index (χ2v) is 4.59. The highest BCUT2D eigenvalue weighted by Crippen LogP contribution is 2.10. The monoisotopic (exact) mass is 404 g/mol. The minimum absolute atomic E-state index is 0. The zero-order chi connectivity index (χ0) is 14.8. The number of carbonyl (C=O) groups is 1. The Morgan fingerprint density at radius 3 is 2.67 bits per heavy atom. The normalized spacial score (nSPS) is 10.5. The number of hydrogen-bond acceptors (Lipinski definition) is 2. The summed E-state index contributed by atoms with van der Waals surface area (Å²) in [6.07, 6.45) is 2.28. The van der Waals surface area contributed by atoms with Crippen LogP contribution in [0.2, 0.25) is 0 Å². The number of rotatable bonds is 6. The van der Waals surface area contributed by atoms with Crippen molar-refractivity contribution in [2.75, 3.05) is 18.9 Å². The third-order valence-electron chi connectivity index (χ3n) is 2.75. The first-order valence-electron chi connectivity index (χ1n) is 6.96. The molecule has 0 saturated carbocycles. The average molecular weight is 404 g/mol. The second-order valence-electron chi connectivity index (χ2n) is 4.59. The zero-order valence-electron chi connectivity index (χ0n) is 12.9. The van der Waals surface area contributed by atoms with Gasteiger partial charge in [0.25, 0.3) is 0 Å². The van der Waals surface area contributed by atoms with Gasteiger partial charge in [0, 0.05) is 32.7 Å². The number of halogens is 1. The molecule has 0 bridgehead atoms. The first-order chi connectivity index (χ1) is 9.65. The Morgan fingerprint density at radius 1 is 1.29 bits per heavy atom. The molecule has 0 radical (unpaired) electrons. The lowest BCUT2D eigenvalue weighted by Gasteiger charge is -2.12. The van der Waals surface area contributed by atoms with E-state index in [1.165, 1.54) is 6.92 Å². The minimum atomic E-state index is -0.0628. The molecule has 0 aliphatic rings. The lowest BCUT2D eigenvalue weighted by atomic mass is 10.2. The van der Waals surface area contributed by atoms with E-state index < -0.39 is 0 Å². The van der Waals surface area contributed by atoms with Gasteiger partial charge in [0.15, 0.2) is 5.96 Å². The third-order valence-corrected chi connectivity index (χ3v) is 2.75. The Balaban J connectivity index is 0.00000400. The molecule has 0 atom stereocenters. The standard InChI is InChI=1S/C15H24N4O.HI/c1-4-5-9-17-15(16-3)18-11-13-7-6-8-14(10-13)19-12(2)20;/h6-8,10H,4-5,9,11H2,1-3H3,(H,19,20)(H2,16,17,18);1H. The van der Waals surface area contributed by atoms with Crippen molar-refractivity contribution in [2.45, 2.75) is 33.2 Å². The second kappa shape index (κ2) is 11.4. The molecule has 5 nitrogen and oxygen atoms in total. The van der Waals surface area contributed by atoms with Crippen molar-refractivity contribution < 1.29 is 4.79 Å². The summed E-state index contributed by atoms with van der Waals surface area (Å²) < 4.78 is 0. The molecule has 21 heavy (non-hydrogen) atoms. The fraction of sp³-hybridized carbons (Fsp3) is 0.467. The van der Waals surface area contributed by atoms with Crippen molar-refractivity contribution in [3.63, 3.8) is 0 Å². The summed E-state index contributed by atoms with van der Waals surface area (Å²) in [5.41, 5.74) is 1.90. The Bertz CT molecular complexity index is 463. The summed E-state index contributed by atoms with van der Waals surface area (Å²) in [7, 11) is 1.76. The Kier molecular flexibility index (Phi) is 10.7. The van der Waals surface area contributed by atoms with Gasteiger partial charge in [0.2, 0.25) is 5.91 Å². The molecule has 118 valence electrons. The first-order valence-corrected chi connectivity index (χ1v) is 6.96. The van der Waals surface area contributed by atoms with Crippen LogP contribution in [-0.4, -0.2) is 25.5 Å². The molecule has 1 aromatic rings. The highest BCUT2D eigenvalue weighted by Gasteiger charge is 2.00. The molecule has 1 amide bonds. The van der Waals surface area contributed by atoms with Crippen LogP contribution in [0.1, 0.15) is 32.3 Å². The lowest BCUT2D eigenvalue weighted by Crippen LogP contribution is -2.37. The van der Waals surface area contributed by atoms with Crippen molar-refractivity contribution in [3.8, 4) is 0 Å². The maximum absolute atomic E-state index is 11.0. The van der Waals surface area contributed by atoms with Crippen LogP contribution in [0.4, 0.5) is 5.69 Å². The Hall–Kier alpha value is -1.31. The van der Waals surface area contributed by atoms with Crippen molar-refractivity contribution in [1.29, 1.82) is 0 Å². The molecular formula is C15H25IN4O. The zero-order valence-corrected chi connectivity index (χ0v) is 15.2. The predicted octanol–water partition coefficient (Wildman–Crippen LogP) is 2.73. The molecule has 1 aromatic carbocycles. The van der Waals surface area contributed by atoms with Gasteiger partial charge in [-0.2, -0.15) is 0 Å². The smallest absolute Gasteiger partial charge is 0.221 e. The van der Waals surface area contributed by atoms with Gasteiger partial charge in [-0.3, -0.25) is 9.79 Å². The number of benzene rings is 1. The van der Waals surface area contributed by atoms with Gasteiger partial charge in [-0.1, -0.05) is 25.5 Å². The number of guanidine groups is 1. The maximum atomic E-state index is 11.0. The van der Waals surface area contributed by atoms with Crippen molar-refractivity contribution in [1.82, 2.24) is 10.6 Å². The molecule has 6 heteroatoms. The van der Waals surface area contributed by atoms with Gasteiger partial charge in [-0.05, 0) is 24.1 Å². The van der Waals surface area contributed by atoms with E-state index in [4.69, 9.17) is 0 Å². The van der Waals surface area contributed by atoms with E-state index in [9.17, 15) is 4.79 Å². The fourth-order valence-electron chi connectivity index (χ4n) is 1.75. The van der Waals surface area contributed by atoms with Crippen molar-refractivity contribution >= 4 is 41.5 Å². The maximum Gasteiger partial charge on any atom is 0.221 e. The SMILES string of the molecule is CCCCNC(=NC)NCc1cccc(NC(C)=O)c1.I. The van der Waals surface area contributed by atoms with E-state index in [2.05, 4.69) is 27.9 Å². The van der Waals surface area contributed by atoms with E-state index in [0.717, 1.165) is 36.6 Å². The van der Waals surface area contributed by atoms with Gasteiger partial charge in [-0.25, -0.2) is 0 Å². The summed E-state index contributed by atoms with van der Waals surface area (Å²) in [6.45, 7) is 5.25. The minimum Gasteiger partial charge on any atom is -0.356 e. The third kappa shape index (κ3) is 8.54. The van der Waals surface area contributed by atoms with Crippen molar-refractivity contribution in [2.24, 2.45) is 4.99 Å². The van der Waals surface area contributed by atoms with Gasteiger partial charge in [0.05, 0.1) is 0 Å². The summed E-state index contributed by atoms with van der Waals surface area (Å²) in [5, 5.41) is 9.28. The lowest BCUT2D eigenvalue weighted by molar-refractivity contribution is -0.114. The van der Waals surface area contributed by atoms with E-state index >= 15 is 0 Å². The molecule has 0 aromatic heterocycles. The quantitative estimate of drug-likeness (QED) is 0.296. The van der Waals surface area contributed by atoms with E-state index in [1.54, 1.807) is 7.05 Å². The first kappa shape index (κ1) is 19.7. The molecule has 0 aliphatic heterocycles. The van der Waals surface area contributed by atoms with Crippen LogP contribution in [0.25, 0.3) is 0 Å². The number of unbranched alkanes of at least 4 members (excludes halogenated alkanes) is 1. The van der Waals surface area contributed by atoms with Gasteiger partial charge < -0.3 is 16.0 Å². The van der Waals surface area contributed by atoms with Gasteiger partial charge in [0.1, 0.15) is 0 Å². The summed E-state index contributed by atoms with van der Waals surface area (Å²) >= 11 is 0. The van der Waals surface area contributed by atoms with Crippen LogP contribution in [-0.2, 0) is 11.3 Å². The van der Waals surface area contributed by atoms with E-state index in [0.29, 0.717) is 6.54 Å². The highest BCUT2D eigenvalue weighted by atomic mass is 127. The predicted molar refractivity (Wildman–Crippen MR) is 99.3 cm³/mol. The molecule has 0 spiro atoms. The number of nitrogens with zero attached hydrogens (tertiary/aromatic N) is 1. The van der Waals surface area contributed by atoms with Crippen LogP contribution < -0.4 is 16.0 Å². The van der Waals surface area contributed by atoms with Crippen LogP contribution in [0.3, 0.4) is 0 Å². The van der Waals surface area contributed by atoms with Crippen LogP contribution in [0, 0.1) is 0 Å². The summed E-state index contributed by atoms with van der Waals surface area (Å²) in [6, 6.07) is 7.76. The molecule has 0 saturated heterocycles. The molecular weight excluding hydrogens is 379 g/mol. The van der Waals surface area contributed by atoms with Crippen LogP contribution >= 0.6 is 24.0 Å². The Labute approximate surface area is 144 Å². The number of nitrogens with one attached hydrogen (secondary N) is 3. The number of hydrogen-bond donors (Lipinski definition) is 3. The highest BCUT2D eigenvalue weighted by molar-refractivity contribution is 14.0. The van der Waals surface area contributed by atoms with Crippen LogP contribution in [0.15, 0.2) is 29.3 Å². The molecule has 0 aliphatic carbocycles. The fourth-order valence-corrected chi connectivity index (χ4v) is 1.75. The van der Waals surface area contributed by atoms with Gasteiger partial charge >= 0.3 is 0 Å². The summed E-state index contributed by atoms with van der Waals surface area (Å²) in [5.74, 6) is 0.732. The largest absolute Gasteiger partial charge is 0.356 e. The van der Waals surface area contributed by atoms with Crippen LogP contribution in [0.5, 0.6) is 0 Å². The van der Waals surface area contributed by atoms with Crippen molar-refractivity contribution in [3.05, 3.63) is 29.8 Å². The average Bonchev–Trinajstić information content (AvgIpc) is 2.42.